The highest BCUT2D eigenvalue weighted by Gasteiger charge is 2.51. The Balaban J connectivity index is 1.45. The monoisotopic (exact) mass is 466 g/mol. The average molecular weight is 467 g/mol. The van der Waals surface area contributed by atoms with Crippen molar-refractivity contribution in [3.05, 3.63) is 93.5 Å². The molecule has 1 saturated heterocycles. The minimum absolute atomic E-state index is 0.0671. The van der Waals surface area contributed by atoms with Gasteiger partial charge in [0.05, 0.1) is 22.7 Å². The summed E-state index contributed by atoms with van der Waals surface area (Å²) in [4.78, 5) is 18.2. The average Bonchev–Trinajstić information content (AvgIpc) is 2.91. The summed E-state index contributed by atoms with van der Waals surface area (Å²) in [5.74, 6) is 0.845. The quantitative estimate of drug-likeness (QED) is 0.483. The molecule has 0 atom stereocenters. The van der Waals surface area contributed by atoms with Crippen LogP contribution in [0.4, 0.5) is 5.69 Å². The molecule has 3 aromatic carbocycles. The Morgan fingerprint density at radius 2 is 1.72 bits per heavy atom. The first-order valence-corrected chi connectivity index (χ1v) is 11.5. The van der Waals surface area contributed by atoms with Crippen molar-refractivity contribution in [1.82, 2.24) is 4.90 Å². The van der Waals surface area contributed by atoms with Gasteiger partial charge < -0.3 is 4.74 Å². The molecule has 0 radical (unpaired) electrons. The van der Waals surface area contributed by atoms with Gasteiger partial charge in [0.2, 0.25) is 0 Å². The molecule has 1 amide bonds. The highest BCUT2D eigenvalue weighted by molar-refractivity contribution is 6.42. The number of carbonyl (C=O) groups is 1. The second kappa shape index (κ2) is 8.43. The number of anilines is 1. The predicted molar refractivity (Wildman–Crippen MR) is 129 cm³/mol. The largest absolute Gasteiger partial charge is 0.497 e. The van der Waals surface area contributed by atoms with Crippen LogP contribution in [0.25, 0.3) is 0 Å². The number of carbonyl (C=O) groups excluding carboxylic acids is 1. The fourth-order valence-electron chi connectivity index (χ4n) is 4.98. The maximum atomic E-state index is 13.8. The van der Waals surface area contributed by atoms with Crippen LogP contribution in [0.15, 0.2) is 66.7 Å². The summed E-state index contributed by atoms with van der Waals surface area (Å²) in [5.41, 5.74) is 3.69. The number of amides is 1. The maximum absolute atomic E-state index is 13.8. The van der Waals surface area contributed by atoms with Gasteiger partial charge in [0.1, 0.15) is 5.75 Å². The van der Waals surface area contributed by atoms with Gasteiger partial charge >= 0.3 is 0 Å². The number of hydrogen-bond donors (Lipinski definition) is 0. The molecule has 2 aliphatic heterocycles. The minimum atomic E-state index is -0.249. The molecule has 0 aliphatic carbocycles. The summed E-state index contributed by atoms with van der Waals surface area (Å²) in [5, 5.41) is 1.13. The highest BCUT2D eigenvalue weighted by Crippen LogP contribution is 2.41. The molecule has 2 aliphatic rings. The molecule has 0 bridgehead atoms. The minimum Gasteiger partial charge on any atom is -0.497 e. The molecule has 0 unspecified atom stereocenters. The van der Waals surface area contributed by atoms with Gasteiger partial charge in [0, 0.05) is 30.9 Å². The fourth-order valence-corrected chi connectivity index (χ4v) is 5.30. The van der Waals surface area contributed by atoms with E-state index in [1.807, 2.05) is 65.6 Å². The normalized spacial score (nSPS) is 17.6. The standard InChI is InChI=1S/C26H24Cl2N2O2/c1-32-21-9-7-20(8-10-21)30-25(31)22-5-3-2-4-19(22)12-13-26(30)16-29(17-26)15-18-6-11-23(27)24(28)14-18/h2-11,14H,12-13,15-17H2,1H3. The molecule has 3 aromatic rings. The fraction of sp³-hybridized carbons (Fsp3) is 0.269. The van der Waals surface area contributed by atoms with E-state index in [0.717, 1.165) is 60.6 Å². The van der Waals surface area contributed by atoms with Crippen molar-refractivity contribution in [3.63, 3.8) is 0 Å². The SMILES string of the molecule is COc1ccc(N2C(=O)c3ccccc3CCC23CN(Cc2ccc(Cl)c(Cl)c2)C3)cc1. The third kappa shape index (κ3) is 3.77. The smallest absolute Gasteiger partial charge is 0.259 e. The second-order valence-electron chi connectivity index (χ2n) is 8.61. The zero-order chi connectivity index (χ0) is 22.3. The van der Waals surface area contributed by atoms with Crippen LogP contribution >= 0.6 is 23.2 Å². The predicted octanol–water partition coefficient (Wildman–Crippen LogP) is 5.85. The molecule has 0 saturated carbocycles. The number of likely N-dealkylation sites (tertiary alicyclic amines) is 1. The van der Waals surface area contributed by atoms with E-state index in [1.165, 1.54) is 0 Å². The zero-order valence-corrected chi connectivity index (χ0v) is 19.4. The molecule has 0 aromatic heterocycles. The first kappa shape index (κ1) is 21.3. The van der Waals surface area contributed by atoms with Crippen molar-refractivity contribution in [2.24, 2.45) is 0 Å². The summed E-state index contributed by atoms with van der Waals surface area (Å²) in [7, 11) is 1.65. The van der Waals surface area contributed by atoms with Crippen LogP contribution in [0.1, 0.15) is 27.9 Å². The van der Waals surface area contributed by atoms with Crippen LogP contribution in [0.5, 0.6) is 5.75 Å². The molecule has 2 heterocycles. The van der Waals surface area contributed by atoms with Crippen molar-refractivity contribution >= 4 is 34.8 Å². The summed E-state index contributed by atoms with van der Waals surface area (Å²) >= 11 is 12.3. The van der Waals surface area contributed by atoms with Crippen LogP contribution < -0.4 is 9.64 Å². The Hall–Kier alpha value is -2.53. The van der Waals surface area contributed by atoms with E-state index >= 15 is 0 Å². The number of halogens is 2. The van der Waals surface area contributed by atoms with Gasteiger partial charge in [0.15, 0.2) is 0 Å². The Labute approximate surface area is 198 Å². The second-order valence-corrected chi connectivity index (χ2v) is 9.43. The summed E-state index contributed by atoms with van der Waals surface area (Å²) < 4.78 is 5.33. The van der Waals surface area contributed by atoms with E-state index in [2.05, 4.69) is 11.0 Å². The Morgan fingerprint density at radius 1 is 0.969 bits per heavy atom. The van der Waals surface area contributed by atoms with Gasteiger partial charge in [-0.25, -0.2) is 0 Å². The molecule has 32 heavy (non-hydrogen) atoms. The van der Waals surface area contributed by atoms with E-state index in [9.17, 15) is 4.79 Å². The van der Waals surface area contributed by atoms with Crippen molar-refractivity contribution in [2.45, 2.75) is 24.9 Å². The molecular weight excluding hydrogens is 443 g/mol. The van der Waals surface area contributed by atoms with Gasteiger partial charge in [-0.1, -0.05) is 47.5 Å². The molecule has 4 nitrogen and oxygen atoms in total. The molecule has 164 valence electrons. The van der Waals surface area contributed by atoms with Crippen LogP contribution in [-0.4, -0.2) is 36.5 Å². The Kier molecular flexibility index (Phi) is 5.62. The number of fused-ring (bicyclic) bond motifs is 1. The van der Waals surface area contributed by atoms with E-state index < -0.39 is 0 Å². The number of methoxy groups -OCH3 is 1. The van der Waals surface area contributed by atoms with Crippen molar-refractivity contribution in [2.75, 3.05) is 25.1 Å². The van der Waals surface area contributed by atoms with Gasteiger partial charge in [-0.2, -0.15) is 0 Å². The van der Waals surface area contributed by atoms with Crippen molar-refractivity contribution < 1.29 is 9.53 Å². The number of nitrogens with zero attached hydrogens (tertiary/aromatic N) is 2. The number of benzene rings is 3. The third-order valence-electron chi connectivity index (χ3n) is 6.54. The lowest BCUT2D eigenvalue weighted by molar-refractivity contribution is 0.0467. The van der Waals surface area contributed by atoms with E-state index in [0.29, 0.717) is 10.0 Å². The van der Waals surface area contributed by atoms with Gasteiger partial charge in [-0.3, -0.25) is 14.6 Å². The molecule has 5 rings (SSSR count). The Bertz CT molecular complexity index is 1160. The van der Waals surface area contributed by atoms with Crippen LogP contribution in [0.3, 0.4) is 0 Å². The maximum Gasteiger partial charge on any atom is 0.259 e. The molecule has 0 N–H and O–H groups in total. The highest BCUT2D eigenvalue weighted by atomic mass is 35.5. The molecule has 6 heteroatoms. The number of aryl methyl sites for hydroxylation is 1. The lowest BCUT2D eigenvalue weighted by atomic mass is 9.82. The first-order chi connectivity index (χ1) is 15.5. The number of ether oxygens (including phenoxy) is 1. The van der Waals surface area contributed by atoms with E-state index in [1.54, 1.807) is 7.11 Å². The zero-order valence-electron chi connectivity index (χ0n) is 17.9. The van der Waals surface area contributed by atoms with Crippen molar-refractivity contribution in [1.29, 1.82) is 0 Å². The van der Waals surface area contributed by atoms with Crippen LogP contribution in [-0.2, 0) is 13.0 Å². The van der Waals surface area contributed by atoms with Crippen molar-refractivity contribution in [3.8, 4) is 5.75 Å². The van der Waals surface area contributed by atoms with Gasteiger partial charge in [-0.05, 0) is 66.4 Å². The molecule has 1 fully saturated rings. The van der Waals surface area contributed by atoms with Gasteiger partial charge in [0.25, 0.3) is 5.91 Å². The Morgan fingerprint density at radius 3 is 2.44 bits per heavy atom. The summed E-state index contributed by atoms with van der Waals surface area (Å²) in [6.45, 7) is 2.38. The third-order valence-corrected chi connectivity index (χ3v) is 7.28. The van der Waals surface area contributed by atoms with E-state index in [4.69, 9.17) is 27.9 Å². The van der Waals surface area contributed by atoms with Crippen LogP contribution in [0, 0.1) is 0 Å². The lowest BCUT2D eigenvalue weighted by Crippen LogP contribution is -2.71. The summed E-state index contributed by atoms with van der Waals surface area (Å²) in [6, 6.07) is 21.5. The first-order valence-electron chi connectivity index (χ1n) is 10.7. The summed E-state index contributed by atoms with van der Waals surface area (Å²) in [6.07, 6.45) is 1.80. The number of rotatable bonds is 4. The number of hydrogen-bond acceptors (Lipinski definition) is 3. The van der Waals surface area contributed by atoms with Gasteiger partial charge in [-0.15, -0.1) is 0 Å². The lowest BCUT2D eigenvalue weighted by Gasteiger charge is -2.55. The molecular formula is C26H24Cl2N2O2. The van der Waals surface area contributed by atoms with E-state index in [-0.39, 0.29) is 11.4 Å². The molecule has 1 spiro atoms. The van der Waals surface area contributed by atoms with Crippen LogP contribution in [0.2, 0.25) is 10.0 Å². The topological polar surface area (TPSA) is 32.8 Å².